The number of carbonyl (C=O) groups is 1. The SMILES string of the molecule is CC(C)(C)OC(=O)N(CCc1nsc2cc(B3OC(C)(C)C(C)(C)O3)ccc12)c1ccc(Cl)cc1. The summed E-state index contributed by atoms with van der Waals surface area (Å²) in [4.78, 5) is 14.6. The largest absolute Gasteiger partial charge is 0.494 e. The van der Waals surface area contributed by atoms with E-state index in [9.17, 15) is 4.79 Å². The zero-order chi connectivity index (χ0) is 25.6. The van der Waals surface area contributed by atoms with E-state index in [0.29, 0.717) is 18.0 Å². The highest BCUT2D eigenvalue weighted by Crippen LogP contribution is 2.37. The highest BCUT2D eigenvalue weighted by atomic mass is 35.5. The number of amides is 1. The Morgan fingerprint density at radius 2 is 1.71 bits per heavy atom. The normalized spacial score (nSPS) is 17.1. The van der Waals surface area contributed by atoms with Crippen LogP contribution in [0.4, 0.5) is 10.5 Å². The van der Waals surface area contributed by atoms with Crippen LogP contribution in [0.1, 0.15) is 54.2 Å². The number of rotatable bonds is 5. The van der Waals surface area contributed by atoms with Crippen molar-refractivity contribution in [2.45, 2.75) is 71.7 Å². The molecule has 186 valence electrons. The van der Waals surface area contributed by atoms with Gasteiger partial charge >= 0.3 is 13.2 Å². The summed E-state index contributed by atoms with van der Waals surface area (Å²) in [5.41, 5.74) is 1.26. The lowest BCUT2D eigenvalue weighted by Crippen LogP contribution is -2.41. The van der Waals surface area contributed by atoms with Crippen molar-refractivity contribution in [2.24, 2.45) is 0 Å². The van der Waals surface area contributed by atoms with Crippen LogP contribution in [0.25, 0.3) is 10.1 Å². The van der Waals surface area contributed by atoms with Crippen molar-refractivity contribution in [3.63, 3.8) is 0 Å². The second-order valence-corrected chi connectivity index (χ2v) is 12.1. The van der Waals surface area contributed by atoms with Gasteiger partial charge in [0, 0.05) is 29.1 Å². The van der Waals surface area contributed by atoms with Gasteiger partial charge < -0.3 is 14.0 Å². The first-order valence-corrected chi connectivity index (χ1v) is 12.9. The lowest BCUT2D eigenvalue weighted by atomic mass is 9.79. The van der Waals surface area contributed by atoms with Gasteiger partial charge in [-0.3, -0.25) is 4.90 Å². The van der Waals surface area contributed by atoms with Crippen molar-refractivity contribution < 1.29 is 18.8 Å². The molecule has 6 nitrogen and oxygen atoms in total. The first kappa shape index (κ1) is 26.0. The van der Waals surface area contributed by atoms with Gasteiger partial charge in [-0.1, -0.05) is 23.7 Å². The average Bonchev–Trinajstić information content (AvgIpc) is 3.24. The molecule has 0 unspecified atom stereocenters. The van der Waals surface area contributed by atoms with E-state index in [1.165, 1.54) is 11.5 Å². The van der Waals surface area contributed by atoms with Crippen molar-refractivity contribution in [1.82, 2.24) is 4.37 Å². The Kier molecular flexibility index (Phi) is 6.97. The smallest absolute Gasteiger partial charge is 0.443 e. The molecular weight excluding hydrogens is 483 g/mol. The van der Waals surface area contributed by atoms with Crippen molar-refractivity contribution in [3.8, 4) is 0 Å². The maximum atomic E-state index is 13.0. The number of fused-ring (bicyclic) bond motifs is 1. The van der Waals surface area contributed by atoms with Gasteiger partial charge in [-0.15, -0.1) is 0 Å². The first-order chi connectivity index (χ1) is 16.3. The van der Waals surface area contributed by atoms with E-state index >= 15 is 0 Å². The summed E-state index contributed by atoms with van der Waals surface area (Å²) in [5.74, 6) is 0. The Balaban J connectivity index is 1.54. The zero-order valence-corrected chi connectivity index (χ0v) is 22.9. The molecule has 0 saturated carbocycles. The van der Waals surface area contributed by atoms with Crippen LogP contribution in [0.15, 0.2) is 42.5 Å². The Hall–Kier alpha value is -2.13. The topological polar surface area (TPSA) is 60.9 Å². The molecule has 1 saturated heterocycles. The molecule has 0 bridgehead atoms. The third-order valence-electron chi connectivity index (χ3n) is 6.42. The maximum Gasteiger partial charge on any atom is 0.494 e. The number of anilines is 1. The van der Waals surface area contributed by atoms with Crippen molar-refractivity contribution in [3.05, 3.63) is 53.2 Å². The maximum absolute atomic E-state index is 13.0. The number of hydrogen-bond acceptors (Lipinski definition) is 6. The summed E-state index contributed by atoms with van der Waals surface area (Å²) < 4.78 is 23.8. The Morgan fingerprint density at radius 1 is 1.09 bits per heavy atom. The quantitative estimate of drug-likeness (QED) is 0.378. The summed E-state index contributed by atoms with van der Waals surface area (Å²) in [6, 6.07) is 13.4. The number of nitrogens with zero attached hydrogens (tertiary/aromatic N) is 2. The van der Waals surface area contributed by atoms with Gasteiger partial charge in [-0.2, -0.15) is 4.37 Å². The van der Waals surface area contributed by atoms with Crippen molar-refractivity contribution in [1.29, 1.82) is 0 Å². The van der Waals surface area contributed by atoms with Crippen LogP contribution in [-0.4, -0.2) is 40.9 Å². The fourth-order valence-electron chi connectivity index (χ4n) is 3.79. The number of ether oxygens (including phenoxy) is 1. The Labute approximate surface area is 216 Å². The van der Waals surface area contributed by atoms with Gasteiger partial charge in [0.1, 0.15) is 5.60 Å². The number of carbonyl (C=O) groups excluding carboxylic acids is 1. The minimum absolute atomic E-state index is 0.391. The van der Waals surface area contributed by atoms with Gasteiger partial charge in [-0.05, 0) is 95.8 Å². The number of hydrogen-bond donors (Lipinski definition) is 0. The van der Waals surface area contributed by atoms with E-state index in [-0.39, 0.29) is 0 Å². The van der Waals surface area contributed by atoms with Gasteiger partial charge in [0.25, 0.3) is 0 Å². The lowest BCUT2D eigenvalue weighted by molar-refractivity contribution is 0.00578. The second kappa shape index (κ2) is 9.39. The fraction of sp³-hybridized carbons (Fsp3) is 0.462. The Morgan fingerprint density at radius 3 is 2.31 bits per heavy atom. The summed E-state index contributed by atoms with van der Waals surface area (Å²) in [6.45, 7) is 14.2. The molecule has 4 rings (SSSR count). The monoisotopic (exact) mass is 514 g/mol. The minimum Gasteiger partial charge on any atom is -0.443 e. The van der Waals surface area contributed by atoms with Crippen LogP contribution >= 0.6 is 23.1 Å². The molecule has 0 atom stereocenters. The second-order valence-electron chi connectivity index (χ2n) is 10.8. The van der Waals surface area contributed by atoms with Crippen molar-refractivity contribution in [2.75, 3.05) is 11.4 Å². The predicted molar refractivity (Wildman–Crippen MR) is 144 cm³/mol. The number of aromatic nitrogens is 1. The van der Waals surface area contributed by atoms with Crippen LogP contribution in [0.3, 0.4) is 0 Å². The van der Waals surface area contributed by atoms with E-state index in [0.717, 1.165) is 26.9 Å². The van der Waals surface area contributed by atoms with Gasteiger partial charge in [-0.25, -0.2) is 4.79 Å². The standard InChI is InChI=1S/C26H32BClN2O4S/c1-24(2,3)32-23(31)30(19-11-9-18(28)10-12-19)15-14-21-20-13-8-17(16-22(20)35-29-21)27-33-25(4,5)26(6,7)34-27/h8-13,16H,14-15H2,1-7H3. The molecule has 3 aromatic rings. The zero-order valence-electron chi connectivity index (χ0n) is 21.3. The first-order valence-electron chi connectivity index (χ1n) is 11.8. The average molecular weight is 515 g/mol. The third-order valence-corrected chi connectivity index (χ3v) is 7.52. The molecule has 9 heteroatoms. The van der Waals surface area contributed by atoms with Crippen molar-refractivity contribution >= 4 is 57.6 Å². The molecule has 0 radical (unpaired) electrons. The molecule has 1 amide bonds. The van der Waals surface area contributed by atoms with Gasteiger partial charge in [0.2, 0.25) is 0 Å². The molecule has 1 aromatic heterocycles. The number of benzene rings is 2. The molecule has 1 aliphatic rings. The molecule has 35 heavy (non-hydrogen) atoms. The van der Waals surface area contributed by atoms with Gasteiger partial charge in [0.05, 0.1) is 21.6 Å². The van der Waals surface area contributed by atoms with E-state index in [2.05, 4.69) is 12.1 Å². The highest BCUT2D eigenvalue weighted by molar-refractivity contribution is 7.13. The van der Waals surface area contributed by atoms with E-state index in [4.69, 9.17) is 30.0 Å². The van der Waals surface area contributed by atoms with E-state index in [1.54, 1.807) is 17.0 Å². The predicted octanol–water partition coefficient (Wildman–Crippen LogP) is 6.23. The minimum atomic E-state index is -0.598. The van der Waals surface area contributed by atoms with E-state index < -0.39 is 30.0 Å². The summed E-state index contributed by atoms with van der Waals surface area (Å²) in [6.07, 6.45) is 0.181. The molecule has 1 aliphatic heterocycles. The molecule has 0 aliphatic carbocycles. The molecule has 2 aromatic carbocycles. The van der Waals surface area contributed by atoms with Crippen LogP contribution < -0.4 is 10.4 Å². The van der Waals surface area contributed by atoms with Crippen LogP contribution in [0.2, 0.25) is 5.02 Å². The summed E-state index contributed by atoms with van der Waals surface area (Å²) in [7, 11) is -0.414. The highest BCUT2D eigenvalue weighted by Gasteiger charge is 2.51. The van der Waals surface area contributed by atoms with Crippen LogP contribution in [0.5, 0.6) is 0 Å². The third kappa shape index (κ3) is 5.66. The summed E-state index contributed by atoms with van der Waals surface area (Å²) in [5, 5.41) is 1.68. The van der Waals surface area contributed by atoms with E-state index in [1.807, 2.05) is 66.7 Å². The fourth-order valence-corrected chi connectivity index (χ4v) is 4.79. The molecule has 1 fully saturated rings. The molecule has 2 heterocycles. The Bertz CT molecular complexity index is 1200. The molecule has 0 N–H and O–H groups in total. The van der Waals surface area contributed by atoms with Crippen LogP contribution in [-0.2, 0) is 20.5 Å². The lowest BCUT2D eigenvalue weighted by Gasteiger charge is -2.32. The summed E-state index contributed by atoms with van der Waals surface area (Å²) >= 11 is 7.50. The van der Waals surface area contributed by atoms with Gasteiger partial charge in [0.15, 0.2) is 0 Å². The number of halogens is 1. The van der Waals surface area contributed by atoms with Crippen LogP contribution in [0, 0.1) is 0 Å². The molecule has 0 spiro atoms. The molecular formula is C26H32BClN2O4S.